The van der Waals surface area contributed by atoms with Crippen molar-refractivity contribution in [2.75, 3.05) is 0 Å². The summed E-state index contributed by atoms with van der Waals surface area (Å²) in [5, 5.41) is 19.3. The summed E-state index contributed by atoms with van der Waals surface area (Å²) in [7, 11) is 1.59. The quantitative estimate of drug-likeness (QED) is 0.513. The van der Waals surface area contributed by atoms with Crippen LogP contribution in [0.5, 0.6) is 0 Å². The third-order valence-corrected chi connectivity index (χ3v) is 4.00. The summed E-state index contributed by atoms with van der Waals surface area (Å²) in [5.74, 6) is -6.60. The van der Waals surface area contributed by atoms with Crippen molar-refractivity contribution >= 4 is 5.97 Å². The summed E-state index contributed by atoms with van der Waals surface area (Å²) < 4.78 is 42.5. The molecule has 8 heteroatoms. The van der Waals surface area contributed by atoms with E-state index in [0.29, 0.717) is 11.4 Å². The Labute approximate surface area is 130 Å². The van der Waals surface area contributed by atoms with Crippen LogP contribution in [-0.4, -0.2) is 21.0 Å². The molecule has 0 aliphatic carbocycles. The van der Waals surface area contributed by atoms with Crippen LogP contribution in [0.4, 0.5) is 13.2 Å². The van der Waals surface area contributed by atoms with Gasteiger partial charge in [0, 0.05) is 13.8 Å². The molecule has 1 atom stereocenters. The van der Waals surface area contributed by atoms with Crippen molar-refractivity contribution in [3.05, 3.63) is 52.4 Å². The molecule has 2 rings (SSSR count). The molecule has 0 spiro atoms. The van der Waals surface area contributed by atoms with Crippen LogP contribution in [0.2, 0.25) is 0 Å². The van der Waals surface area contributed by atoms with E-state index in [1.165, 1.54) is 4.57 Å². The molecule has 124 valence electrons. The minimum atomic E-state index is -1.63. The van der Waals surface area contributed by atoms with Gasteiger partial charge in [0.15, 0.2) is 23.1 Å². The molecule has 0 saturated heterocycles. The number of hydrogen-bond acceptors (Lipinski definition) is 2. The molecule has 2 N–H and O–H groups in total. The van der Waals surface area contributed by atoms with E-state index in [1.807, 2.05) is 0 Å². The summed E-state index contributed by atoms with van der Waals surface area (Å²) >= 11 is 0. The van der Waals surface area contributed by atoms with Crippen molar-refractivity contribution < 1.29 is 32.8 Å². The maximum Gasteiger partial charge on any atom is 0.304 e. The predicted octanol–water partition coefficient (Wildman–Crippen LogP) is 2.19. The first-order chi connectivity index (χ1) is 10.6. The molecule has 0 aliphatic heterocycles. The smallest absolute Gasteiger partial charge is 0.304 e. The van der Waals surface area contributed by atoms with Gasteiger partial charge in [-0.3, -0.25) is 4.79 Å². The van der Waals surface area contributed by atoms with Crippen molar-refractivity contribution in [2.45, 2.75) is 26.2 Å². The first-order valence-corrected chi connectivity index (χ1v) is 6.78. The summed E-state index contributed by atoms with van der Waals surface area (Å²) in [6.07, 6.45) is -0.526. The van der Waals surface area contributed by atoms with Crippen LogP contribution in [0.25, 0.3) is 0 Å². The molecule has 1 aromatic carbocycles. The Bertz CT molecular complexity index is 738. The fourth-order valence-electron chi connectivity index (χ4n) is 2.57. The van der Waals surface area contributed by atoms with E-state index in [4.69, 9.17) is 5.11 Å². The molecule has 0 fully saturated rings. The Kier molecular flexibility index (Phi) is 4.35. The Hall–Kier alpha value is -2.51. The fraction of sp³-hybridized carbons (Fsp3) is 0.333. The minimum absolute atomic E-state index is 0.0767. The molecule has 0 bridgehead atoms. The summed E-state index contributed by atoms with van der Waals surface area (Å²) in [4.78, 5) is 11.1. The fourth-order valence-corrected chi connectivity index (χ4v) is 2.57. The van der Waals surface area contributed by atoms with Crippen LogP contribution in [0.3, 0.4) is 0 Å². The van der Waals surface area contributed by atoms with Crippen LogP contribution >= 0.6 is 0 Å². The van der Waals surface area contributed by atoms with Crippen LogP contribution in [-0.2, 0) is 11.8 Å². The molecule has 1 heterocycles. The average Bonchev–Trinajstić information content (AvgIpc) is 2.66. The van der Waals surface area contributed by atoms with Crippen LogP contribution in [0.15, 0.2) is 12.1 Å². The zero-order valence-electron chi connectivity index (χ0n) is 12.8. The number of nitrogens with zero attached hydrogens (tertiary/aromatic N) is 2. The second-order valence-corrected chi connectivity index (χ2v) is 5.35. The van der Waals surface area contributed by atoms with E-state index in [1.54, 1.807) is 20.9 Å². The minimum Gasteiger partial charge on any atom is -0.481 e. The number of aromatic nitrogens is 2. The number of carboxylic acid groups (broad SMARTS) is 1. The van der Waals surface area contributed by atoms with E-state index < -0.39 is 35.8 Å². The van der Waals surface area contributed by atoms with Gasteiger partial charge in [0.2, 0.25) is 0 Å². The largest absolute Gasteiger partial charge is 0.481 e. The molecule has 2 aromatic rings. The van der Waals surface area contributed by atoms with Gasteiger partial charge in [0.25, 0.3) is 0 Å². The number of halogens is 3. The summed E-state index contributed by atoms with van der Waals surface area (Å²) in [6.45, 7) is 3.32. The zero-order valence-corrected chi connectivity index (χ0v) is 12.8. The standard InChI is InChI=1S/C15H15F3N2O3/c1-7-8(2)20(23)15(19(7)3)10(6-13(21)22)9-4-11(16)14(18)12(17)5-9/h4-5,10H,6H2,1-3H3,(H-,21,22,23)/p+1/t10-/m1/s1. The van der Waals surface area contributed by atoms with Crippen LogP contribution in [0, 0.1) is 31.3 Å². The third-order valence-electron chi connectivity index (χ3n) is 4.00. The predicted molar refractivity (Wildman–Crippen MR) is 72.7 cm³/mol. The first-order valence-electron chi connectivity index (χ1n) is 6.78. The second-order valence-electron chi connectivity index (χ2n) is 5.35. The molecule has 0 saturated carbocycles. The Morgan fingerprint density at radius 1 is 1.26 bits per heavy atom. The summed E-state index contributed by atoms with van der Waals surface area (Å²) in [6, 6.07) is 1.48. The molecule has 0 radical (unpaired) electrons. The number of imidazole rings is 1. The van der Waals surface area contributed by atoms with Gasteiger partial charge in [-0.2, -0.15) is 0 Å². The normalized spacial score (nSPS) is 12.4. The highest BCUT2D eigenvalue weighted by atomic mass is 19.2. The maximum atomic E-state index is 13.5. The van der Waals surface area contributed by atoms with Crippen molar-refractivity contribution in [3.8, 4) is 0 Å². The van der Waals surface area contributed by atoms with Crippen molar-refractivity contribution in [1.82, 2.24) is 4.73 Å². The van der Waals surface area contributed by atoms with E-state index in [0.717, 1.165) is 16.9 Å². The van der Waals surface area contributed by atoms with Gasteiger partial charge in [0.05, 0.1) is 19.4 Å². The number of hydrogen-bond donors (Lipinski definition) is 2. The number of benzene rings is 1. The van der Waals surface area contributed by atoms with E-state index in [-0.39, 0.29) is 11.4 Å². The van der Waals surface area contributed by atoms with Crippen LogP contribution < -0.4 is 4.57 Å². The molecule has 0 amide bonds. The van der Waals surface area contributed by atoms with E-state index >= 15 is 0 Å². The van der Waals surface area contributed by atoms with Crippen molar-refractivity contribution in [2.24, 2.45) is 7.05 Å². The van der Waals surface area contributed by atoms with Gasteiger partial charge in [-0.25, -0.2) is 17.7 Å². The SMILES string of the molecule is Cc1c(C)[n+](C)c([C@H](CC(=O)O)c2cc(F)c(F)c(F)c2)n1O. The Morgan fingerprint density at radius 2 is 1.78 bits per heavy atom. The lowest BCUT2D eigenvalue weighted by molar-refractivity contribution is -0.686. The molecular formula is C15H16F3N2O3+. The molecule has 23 heavy (non-hydrogen) atoms. The molecule has 0 unspecified atom stereocenters. The van der Waals surface area contributed by atoms with Gasteiger partial charge in [-0.15, -0.1) is 0 Å². The lowest BCUT2D eigenvalue weighted by Crippen LogP contribution is -2.37. The molecule has 0 aliphatic rings. The van der Waals surface area contributed by atoms with E-state index in [2.05, 4.69) is 0 Å². The average molecular weight is 329 g/mol. The molecule has 1 aromatic heterocycles. The van der Waals surface area contributed by atoms with Gasteiger partial charge < -0.3 is 10.3 Å². The third kappa shape index (κ3) is 2.88. The second kappa shape index (κ2) is 5.94. The molecule has 5 nitrogen and oxygen atoms in total. The number of carboxylic acids is 1. The first kappa shape index (κ1) is 16.9. The number of rotatable bonds is 4. The lowest BCUT2D eigenvalue weighted by Gasteiger charge is -2.13. The topological polar surface area (TPSA) is 66.3 Å². The van der Waals surface area contributed by atoms with Crippen LogP contribution in [0.1, 0.15) is 35.1 Å². The van der Waals surface area contributed by atoms with Crippen molar-refractivity contribution in [3.63, 3.8) is 0 Å². The maximum absolute atomic E-state index is 13.5. The summed E-state index contributed by atoms with van der Waals surface area (Å²) in [5.41, 5.74) is 1.04. The van der Waals surface area contributed by atoms with Gasteiger partial charge >= 0.3 is 11.8 Å². The monoisotopic (exact) mass is 329 g/mol. The Balaban J connectivity index is 2.69. The lowest BCUT2D eigenvalue weighted by atomic mass is 9.94. The highest BCUT2D eigenvalue weighted by Crippen LogP contribution is 2.29. The van der Waals surface area contributed by atoms with Gasteiger partial charge in [-0.1, -0.05) is 0 Å². The van der Waals surface area contributed by atoms with E-state index in [9.17, 15) is 23.2 Å². The molecular weight excluding hydrogens is 313 g/mol. The Morgan fingerprint density at radius 3 is 2.17 bits per heavy atom. The van der Waals surface area contributed by atoms with Gasteiger partial charge in [0.1, 0.15) is 5.69 Å². The van der Waals surface area contributed by atoms with Gasteiger partial charge in [-0.05, 0) is 22.4 Å². The highest BCUT2D eigenvalue weighted by Gasteiger charge is 2.35. The zero-order chi connectivity index (χ0) is 17.5. The highest BCUT2D eigenvalue weighted by molar-refractivity contribution is 5.68. The van der Waals surface area contributed by atoms with Crippen molar-refractivity contribution in [1.29, 1.82) is 0 Å². The number of aliphatic carboxylic acids is 1. The number of carbonyl (C=O) groups is 1.